The Kier molecular flexibility index (Phi) is 4.59. The Morgan fingerprint density at radius 2 is 2.04 bits per heavy atom. The zero-order chi connectivity index (χ0) is 18.9. The largest absolute Gasteiger partial charge is 0.306 e. The van der Waals surface area contributed by atoms with Crippen LogP contribution in [0.1, 0.15) is 16.1 Å². The van der Waals surface area contributed by atoms with Gasteiger partial charge in [0.2, 0.25) is 0 Å². The molecule has 0 bridgehead atoms. The van der Waals surface area contributed by atoms with Crippen LogP contribution < -0.4 is 5.56 Å². The zero-order valence-corrected chi connectivity index (χ0v) is 16.6. The average Bonchev–Trinajstić information content (AvgIpc) is 3.41. The molecule has 1 aliphatic rings. The molecule has 8 heteroatoms. The van der Waals surface area contributed by atoms with Crippen LogP contribution in [0.15, 0.2) is 53.2 Å². The first-order valence-electron chi connectivity index (χ1n) is 8.98. The monoisotopic (exact) mass is 407 g/mol. The molecule has 0 radical (unpaired) electrons. The van der Waals surface area contributed by atoms with Crippen molar-refractivity contribution in [1.82, 2.24) is 24.8 Å². The molecule has 1 N–H and O–H groups in total. The predicted molar refractivity (Wildman–Crippen MR) is 111 cm³/mol. The van der Waals surface area contributed by atoms with Crippen LogP contribution in [0.5, 0.6) is 0 Å². The number of rotatable bonds is 4. The molecule has 1 aliphatic heterocycles. The van der Waals surface area contributed by atoms with Crippen LogP contribution in [0, 0.1) is 0 Å². The van der Waals surface area contributed by atoms with E-state index >= 15 is 0 Å². The number of nitrogens with zero attached hydrogens (tertiary/aromatic N) is 4. The minimum absolute atomic E-state index is 0.0704. The fourth-order valence-electron chi connectivity index (χ4n) is 3.41. The predicted octanol–water partition coefficient (Wildman–Crippen LogP) is 3.58. The molecule has 0 aromatic carbocycles. The van der Waals surface area contributed by atoms with Crippen molar-refractivity contribution in [2.24, 2.45) is 0 Å². The van der Waals surface area contributed by atoms with Crippen molar-refractivity contribution in [3.63, 3.8) is 0 Å². The topological polar surface area (TPSA) is 74.8 Å². The summed E-state index contributed by atoms with van der Waals surface area (Å²) < 4.78 is 0. The Morgan fingerprint density at radius 1 is 1.14 bits per heavy atom. The fraction of sp³-hybridized carbons (Fsp3) is 0.200. The standard InChI is InChI=1S/C20H17N5OS2/c26-20-15-11-25(10-14-3-4-18(28-14)17-2-1-7-27-17)6-5-16(15)23-19(24-20)13-8-21-12-22-9-13/h1-4,7-9,12H,5-6,10-11H2,(H,23,24,26). The Morgan fingerprint density at radius 3 is 2.86 bits per heavy atom. The summed E-state index contributed by atoms with van der Waals surface area (Å²) in [7, 11) is 0. The lowest BCUT2D eigenvalue weighted by molar-refractivity contribution is 0.244. The van der Waals surface area contributed by atoms with Crippen LogP contribution in [0.2, 0.25) is 0 Å². The third-order valence-corrected chi connectivity index (χ3v) is 6.92. The van der Waals surface area contributed by atoms with Gasteiger partial charge in [0.1, 0.15) is 12.2 Å². The quantitative estimate of drug-likeness (QED) is 0.560. The number of hydrogen-bond donors (Lipinski definition) is 1. The third-order valence-electron chi connectivity index (χ3n) is 4.79. The molecule has 5 heterocycles. The van der Waals surface area contributed by atoms with Gasteiger partial charge in [-0.1, -0.05) is 6.07 Å². The molecule has 4 aromatic heterocycles. The van der Waals surface area contributed by atoms with Gasteiger partial charge in [-0.3, -0.25) is 9.69 Å². The lowest BCUT2D eigenvalue weighted by Gasteiger charge is -2.27. The van der Waals surface area contributed by atoms with Gasteiger partial charge in [-0.15, -0.1) is 22.7 Å². The van der Waals surface area contributed by atoms with Gasteiger partial charge < -0.3 is 4.98 Å². The first kappa shape index (κ1) is 17.4. The van der Waals surface area contributed by atoms with E-state index in [1.54, 1.807) is 23.7 Å². The number of aromatic amines is 1. The number of thiophene rings is 2. The van der Waals surface area contributed by atoms with E-state index < -0.39 is 0 Å². The van der Waals surface area contributed by atoms with Crippen molar-refractivity contribution < 1.29 is 0 Å². The molecular formula is C20H17N5OS2. The number of fused-ring (bicyclic) bond motifs is 1. The molecule has 0 aliphatic carbocycles. The van der Waals surface area contributed by atoms with Gasteiger partial charge in [0, 0.05) is 53.1 Å². The first-order chi connectivity index (χ1) is 13.8. The van der Waals surface area contributed by atoms with Gasteiger partial charge >= 0.3 is 0 Å². The SMILES string of the molecule is O=c1[nH]c(-c2cncnc2)nc2c1CN(Cc1ccc(-c3cccs3)s1)CC2. The van der Waals surface area contributed by atoms with Gasteiger partial charge in [0.15, 0.2) is 0 Å². The maximum absolute atomic E-state index is 12.7. The molecule has 0 atom stereocenters. The average molecular weight is 408 g/mol. The molecule has 0 saturated carbocycles. The van der Waals surface area contributed by atoms with E-state index in [4.69, 9.17) is 0 Å². The summed E-state index contributed by atoms with van der Waals surface area (Å²) in [5.74, 6) is 0.539. The third kappa shape index (κ3) is 3.42. The number of hydrogen-bond acceptors (Lipinski definition) is 7. The van der Waals surface area contributed by atoms with E-state index in [2.05, 4.69) is 54.5 Å². The number of H-pyrrole nitrogens is 1. The summed E-state index contributed by atoms with van der Waals surface area (Å²) in [6, 6.07) is 8.61. The van der Waals surface area contributed by atoms with Gasteiger partial charge in [0.05, 0.1) is 16.8 Å². The maximum atomic E-state index is 12.7. The molecule has 0 spiro atoms. The smallest absolute Gasteiger partial charge is 0.255 e. The molecule has 28 heavy (non-hydrogen) atoms. The second-order valence-corrected chi connectivity index (χ2v) is 8.79. The minimum atomic E-state index is -0.0704. The van der Waals surface area contributed by atoms with Crippen molar-refractivity contribution in [2.75, 3.05) is 6.54 Å². The van der Waals surface area contributed by atoms with Gasteiger partial charge in [-0.05, 0) is 23.6 Å². The number of aromatic nitrogens is 4. The highest BCUT2D eigenvalue weighted by Gasteiger charge is 2.22. The van der Waals surface area contributed by atoms with Gasteiger partial charge in [-0.25, -0.2) is 15.0 Å². The Labute approximate surface area is 169 Å². The van der Waals surface area contributed by atoms with Crippen LogP contribution in [0.4, 0.5) is 0 Å². The highest BCUT2D eigenvalue weighted by atomic mass is 32.1. The zero-order valence-electron chi connectivity index (χ0n) is 15.0. The molecule has 140 valence electrons. The van der Waals surface area contributed by atoms with Gasteiger partial charge in [0.25, 0.3) is 5.56 Å². The molecule has 0 unspecified atom stereocenters. The van der Waals surface area contributed by atoms with Crippen molar-refractivity contribution in [2.45, 2.75) is 19.5 Å². The second kappa shape index (κ2) is 7.38. The summed E-state index contributed by atoms with van der Waals surface area (Å²) in [6.45, 7) is 2.36. The maximum Gasteiger partial charge on any atom is 0.255 e. The van der Waals surface area contributed by atoms with Gasteiger partial charge in [-0.2, -0.15) is 0 Å². The summed E-state index contributed by atoms with van der Waals surface area (Å²) in [4.78, 5) is 34.5. The molecule has 0 saturated heterocycles. The van der Waals surface area contributed by atoms with E-state index in [0.717, 1.165) is 36.3 Å². The normalized spacial score (nSPS) is 14.1. The van der Waals surface area contributed by atoms with Crippen molar-refractivity contribution in [1.29, 1.82) is 0 Å². The lowest BCUT2D eigenvalue weighted by atomic mass is 10.1. The number of nitrogens with one attached hydrogen (secondary N) is 1. The Bertz CT molecular complexity index is 1150. The summed E-state index contributed by atoms with van der Waals surface area (Å²) in [5.41, 5.74) is 2.30. The van der Waals surface area contributed by atoms with E-state index in [1.807, 2.05) is 11.3 Å². The Hall–Kier alpha value is -2.68. The highest BCUT2D eigenvalue weighted by molar-refractivity contribution is 7.21. The molecule has 0 fully saturated rings. The minimum Gasteiger partial charge on any atom is -0.306 e. The van der Waals surface area contributed by atoms with Crippen LogP contribution in [0.3, 0.4) is 0 Å². The van der Waals surface area contributed by atoms with Crippen molar-refractivity contribution in [3.8, 4) is 21.1 Å². The second-order valence-electron chi connectivity index (χ2n) is 6.67. The molecule has 6 nitrogen and oxygen atoms in total. The van der Waals surface area contributed by atoms with Crippen LogP contribution in [-0.2, 0) is 19.5 Å². The van der Waals surface area contributed by atoms with Crippen molar-refractivity contribution in [3.05, 3.63) is 74.9 Å². The summed E-state index contributed by atoms with van der Waals surface area (Å²) in [6.07, 6.45) is 5.55. The van der Waals surface area contributed by atoms with E-state index in [0.29, 0.717) is 12.4 Å². The first-order valence-corrected chi connectivity index (χ1v) is 10.7. The lowest BCUT2D eigenvalue weighted by Crippen LogP contribution is -2.35. The molecule has 0 amide bonds. The van der Waals surface area contributed by atoms with Crippen LogP contribution >= 0.6 is 22.7 Å². The molecule has 5 rings (SSSR count). The highest BCUT2D eigenvalue weighted by Crippen LogP contribution is 2.32. The van der Waals surface area contributed by atoms with Crippen LogP contribution in [0.25, 0.3) is 21.1 Å². The fourth-order valence-corrected chi connectivity index (χ4v) is 5.29. The summed E-state index contributed by atoms with van der Waals surface area (Å²) in [5, 5.41) is 2.10. The molecule has 4 aromatic rings. The van der Waals surface area contributed by atoms with Crippen molar-refractivity contribution >= 4 is 22.7 Å². The van der Waals surface area contributed by atoms with Crippen LogP contribution in [-0.4, -0.2) is 31.4 Å². The van der Waals surface area contributed by atoms with E-state index in [9.17, 15) is 4.79 Å². The van der Waals surface area contributed by atoms with E-state index in [1.165, 1.54) is 21.0 Å². The molecular weight excluding hydrogens is 390 g/mol. The summed E-state index contributed by atoms with van der Waals surface area (Å²) >= 11 is 3.58. The Balaban J connectivity index is 1.35. The van der Waals surface area contributed by atoms with E-state index in [-0.39, 0.29) is 5.56 Å².